The van der Waals surface area contributed by atoms with E-state index in [1.54, 1.807) is 18.2 Å². The molecule has 4 unspecified atom stereocenters. The van der Waals surface area contributed by atoms with Gasteiger partial charge in [0.05, 0.1) is 17.1 Å². The number of ether oxygens (including phenoxy) is 2. The van der Waals surface area contributed by atoms with Gasteiger partial charge < -0.3 is 9.47 Å². The van der Waals surface area contributed by atoms with Gasteiger partial charge in [-0.1, -0.05) is 63.6 Å². The van der Waals surface area contributed by atoms with Crippen molar-refractivity contribution in [3.05, 3.63) is 30.3 Å². The highest BCUT2D eigenvalue weighted by molar-refractivity contribution is 7.90. The van der Waals surface area contributed by atoms with Gasteiger partial charge in [-0.3, -0.25) is 4.79 Å². The van der Waals surface area contributed by atoms with Crippen molar-refractivity contribution in [2.75, 3.05) is 13.2 Å². The lowest BCUT2D eigenvalue weighted by Crippen LogP contribution is -2.30. The van der Waals surface area contributed by atoms with E-state index in [-0.39, 0.29) is 11.3 Å². The Bertz CT molecular complexity index is 829. The van der Waals surface area contributed by atoms with Crippen LogP contribution in [0.1, 0.15) is 90.4 Å². The maximum atomic E-state index is 12.2. The molecule has 2 saturated heterocycles. The molecule has 6 nitrogen and oxygen atoms in total. The van der Waals surface area contributed by atoms with Gasteiger partial charge in [-0.2, -0.15) is 0 Å². The summed E-state index contributed by atoms with van der Waals surface area (Å²) in [5, 5.41) is 0. The van der Waals surface area contributed by atoms with Gasteiger partial charge in [0.25, 0.3) is 10.0 Å². The third-order valence-electron chi connectivity index (χ3n) is 7.32. The summed E-state index contributed by atoms with van der Waals surface area (Å²) in [4.78, 5) is 12.2. The summed E-state index contributed by atoms with van der Waals surface area (Å²) < 4.78 is 38.8. The molecule has 0 aliphatic carbocycles. The van der Waals surface area contributed by atoms with E-state index in [1.165, 1.54) is 57.1 Å². The van der Waals surface area contributed by atoms with Crippen LogP contribution in [0.2, 0.25) is 0 Å². The molecular weight excluding hydrogens is 450 g/mol. The molecule has 2 aliphatic heterocycles. The Kier molecular flexibility index (Phi) is 11.3. The van der Waals surface area contributed by atoms with Crippen LogP contribution in [0.25, 0.3) is 0 Å². The van der Waals surface area contributed by atoms with Gasteiger partial charge in [-0.25, -0.2) is 13.1 Å². The molecule has 34 heavy (non-hydrogen) atoms. The second-order valence-electron chi connectivity index (χ2n) is 9.87. The van der Waals surface area contributed by atoms with Crippen molar-refractivity contribution in [3.8, 4) is 0 Å². The Morgan fingerprint density at radius 3 is 2.32 bits per heavy atom. The molecule has 1 amide bonds. The summed E-state index contributed by atoms with van der Waals surface area (Å²) in [6.45, 7) is 3.96. The van der Waals surface area contributed by atoms with Crippen LogP contribution in [-0.2, 0) is 24.3 Å². The first-order valence-electron chi connectivity index (χ1n) is 13.3. The van der Waals surface area contributed by atoms with Crippen LogP contribution in [0.3, 0.4) is 0 Å². The highest BCUT2D eigenvalue weighted by atomic mass is 32.2. The summed E-state index contributed by atoms with van der Waals surface area (Å²) >= 11 is 0. The van der Waals surface area contributed by atoms with Crippen molar-refractivity contribution in [3.63, 3.8) is 0 Å². The minimum absolute atomic E-state index is 0.118. The highest BCUT2D eigenvalue weighted by Gasteiger charge is 2.47. The number of unbranched alkanes of at least 4 members (excludes halogenated alkanes) is 6. The third kappa shape index (κ3) is 8.35. The summed E-state index contributed by atoms with van der Waals surface area (Å²) in [7, 11) is -3.77. The van der Waals surface area contributed by atoms with Crippen LogP contribution in [0, 0.1) is 11.8 Å². The smallest absolute Gasteiger partial charge is 0.264 e. The predicted octanol–water partition coefficient (Wildman–Crippen LogP) is 5.61. The molecule has 7 heteroatoms. The van der Waals surface area contributed by atoms with Crippen LogP contribution in [0.5, 0.6) is 0 Å². The minimum atomic E-state index is -3.77. The summed E-state index contributed by atoms with van der Waals surface area (Å²) in [6, 6.07) is 8.01. The number of sulfonamides is 1. The summed E-state index contributed by atoms with van der Waals surface area (Å²) in [5.41, 5.74) is 0. The van der Waals surface area contributed by atoms with Gasteiger partial charge in [0.15, 0.2) is 0 Å². The van der Waals surface area contributed by atoms with Crippen LogP contribution in [0.4, 0.5) is 0 Å². The first-order chi connectivity index (χ1) is 16.5. The van der Waals surface area contributed by atoms with Gasteiger partial charge >= 0.3 is 0 Å². The molecule has 0 spiro atoms. The molecule has 4 atom stereocenters. The number of benzene rings is 1. The van der Waals surface area contributed by atoms with E-state index in [9.17, 15) is 13.2 Å². The van der Waals surface area contributed by atoms with Crippen LogP contribution >= 0.6 is 0 Å². The molecule has 2 heterocycles. The van der Waals surface area contributed by atoms with Crippen molar-refractivity contribution in [2.45, 2.75) is 107 Å². The standard InChI is InChI=1S/C27H43NO5S/c1-2-3-4-12-20-32-21-19-24-23(25-17-18-26(24)33-25)15-10-5-6-11-16-27(29)28-34(30,31)22-13-8-7-9-14-22/h7-9,13-14,23-26H,2-6,10-12,15-21H2,1H3,(H,28,29). The van der Waals surface area contributed by atoms with Crippen molar-refractivity contribution in [1.82, 2.24) is 4.72 Å². The van der Waals surface area contributed by atoms with E-state index in [1.807, 2.05) is 0 Å². The average Bonchev–Trinajstić information content (AvgIpc) is 3.43. The number of rotatable bonds is 17. The summed E-state index contributed by atoms with van der Waals surface area (Å²) in [6.07, 6.45) is 14.6. The Balaban J connectivity index is 1.27. The van der Waals surface area contributed by atoms with Gasteiger partial charge in [0, 0.05) is 19.6 Å². The molecular formula is C27H43NO5S. The normalized spacial score (nSPS) is 23.9. The van der Waals surface area contributed by atoms with Crippen molar-refractivity contribution >= 4 is 15.9 Å². The maximum Gasteiger partial charge on any atom is 0.264 e. The number of amides is 1. The average molecular weight is 494 g/mol. The molecule has 2 fully saturated rings. The Morgan fingerprint density at radius 1 is 0.912 bits per heavy atom. The lowest BCUT2D eigenvalue weighted by Gasteiger charge is -2.28. The Morgan fingerprint density at radius 2 is 1.59 bits per heavy atom. The van der Waals surface area contributed by atoms with Crippen LogP contribution in [-0.4, -0.2) is 39.7 Å². The van der Waals surface area contributed by atoms with E-state index in [4.69, 9.17) is 9.47 Å². The molecule has 0 aromatic heterocycles. The number of hydrogen-bond donors (Lipinski definition) is 1. The lowest BCUT2D eigenvalue weighted by molar-refractivity contribution is -0.119. The number of fused-ring (bicyclic) bond motifs is 2. The molecule has 1 aromatic carbocycles. The summed E-state index contributed by atoms with van der Waals surface area (Å²) in [5.74, 6) is 0.838. The van der Waals surface area contributed by atoms with Crippen LogP contribution < -0.4 is 4.72 Å². The zero-order chi connectivity index (χ0) is 24.2. The second kappa shape index (κ2) is 14.2. The van der Waals surface area contributed by atoms with Gasteiger partial charge in [0.1, 0.15) is 0 Å². The number of carbonyl (C=O) groups is 1. The number of carbonyl (C=O) groups excluding carboxylic acids is 1. The molecule has 1 aromatic rings. The SMILES string of the molecule is CCCCCCOCCC1C2CCC(O2)C1CCCCCCC(=O)NS(=O)(=O)c1ccccc1. The fourth-order valence-corrected chi connectivity index (χ4v) is 6.54. The van der Waals surface area contributed by atoms with Crippen molar-refractivity contribution < 1.29 is 22.7 Å². The Hall–Kier alpha value is -1.44. The van der Waals surface area contributed by atoms with Crippen molar-refractivity contribution in [2.24, 2.45) is 11.8 Å². The first-order valence-corrected chi connectivity index (χ1v) is 14.8. The lowest BCUT2D eigenvalue weighted by atomic mass is 9.75. The van der Waals surface area contributed by atoms with E-state index in [0.717, 1.165) is 38.9 Å². The maximum absolute atomic E-state index is 12.2. The predicted molar refractivity (Wildman–Crippen MR) is 134 cm³/mol. The number of hydrogen-bond acceptors (Lipinski definition) is 5. The monoisotopic (exact) mass is 493 g/mol. The van der Waals surface area contributed by atoms with E-state index in [0.29, 0.717) is 30.5 Å². The molecule has 192 valence electrons. The van der Waals surface area contributed by atoms with E-state index < -0.39 is 15.9 Å². The fourth-order valence-electron chi connectivity index (χ4n) is 5.50. The zero-order valence-electron chi connectivity index (χ0n) is 20.8. The zero-order valence-corrected chi connectivity index (χ0v) is 21.6. The first kappa shape index (κ1) is 27.2. The van der Waals surface area contributed by atoms with Gasteiger partial charge in [-0.15, -0.1) is 0 Å². The topological polar surface area (TPSA) is 81.7 Å². The highest BCUT2D eigenvalue weighted by Crippen LogP contribution is 2.47. The molecule has 0 saturated carbocycles. The van der Waals surface area contributed by atoms with E-state index >= 15 is 0 Å². The molecule has 0 radical (unpaired) electrons. The Labute approximate surface area is 206 Å². The fraction of sp³-hybridized carbons (Fsp3) is 0.741. The van der Waals surface area contributed by atoms with E-state index in [2.05, 4.69) is 11.6 Å². The molecule has 1 N–H and O–H groups in total. The molecule has 3 rings (SSSR count). The minimum Gasteiger partial charge on any atom is -0.381 e. The molecule has 2 bridgehead atoms. The number of nitrogens with one attached hydrogen (secondary N) is 1. The van der Waals surface area contributed by atoms with Gasteiger partial charge in [-0.05, 0) is 62.5 Å². The van der Waals surface area contributed by atoms with Crippen LogP contribution in [0.15, 0.2) is 35.2 Å². The van der Waals surface area contributed by atoms with Gasteiger partial charge in [0.2, 0.25) is 5.91 Å². The molecule has 2 aliphatic rings. The largest absolute Gasteiger partial charge is 0.381 e. The third-order valence-corrected chi connectivity index (χ3v) is 8.71. The van der Waals surface area contributed by atoms with Crippen molar-refractivity contribution in [1.29, 1.82) is 0 Å². The quantitative estimate of drug-likeness (QED) is 0.285. The second-order valence-corrected chi connectivity index (χ2v) is 11.6.